The van der Waals surface area contributed by atoms with E-state index in [1.54, 1.807) is 36.1 Å². The van der Waals surface area contributed by atoms with Crippen LogP contribution < -0.4 is 5.32 Å². The molecule has 2 aromatic carbocycles. The Morgan fingerprint density at radius 1 is 1.05 bits per heavy atom. The van der Waals surface area contributed by atoms with E-state index in [0.29, 0.717) is 54.6 Å². The van der Waals surface area contributed by atoms with Crippen LogP contribution in [0.1, 0.15) is 42.7 Å². The average Bonchev–Trinajstić information content (AvgIpc) is 2.89. The molecule has 4 rings (SSSR count). The first-order valence-electron chi connectivity index (χ1n) is 12.7. The predicted octanol–water partition coefficient (Wildman–Crippen LogP) is 4.09. The van der Waals surface area contributed by atoms with E-state index in [1.165, 1.54) is 0 Å². The van der Waals surface area contributed by atoms with Gasteiger partial charge in [-0.2, -0.15) is 0 Å². The molecule has 9 heteroatoms. The number of halogens is 1. The molecule has 2 heterocycles. The number of amides is 3. The fourth-order valence-corrected chi connectivity index (χ4v) is 5.13. The SMILES string of the molecule is CCOC(=O)C1=C(CN2CCN(C(=O)c3ccc(Cl)cc3)[C@@H](C)C2)N(CC)C(=O)N[C@@H]1c1ccccc1. The van der Waals surface area contributed by atoms with E-state index in [2.05, 4.69) is 10.2 Å². The lowest BCUT2D eigenvalue weighted by Gasteiger charge is -2.43. The Balaban J connectivity index is 1.61. The van der Waals surface area contributed by atoms with Crippen molar-refractivity contribution < 1.29 is 19.1 Å². The smallest absolute Gasteiger partial charge is 0.338 e. The van der Waals surface area contributed by atoms with Crippen LogP contribution in [0.15, 0.2) is 65.9 Å². The van der Waals surface area contributed by atoms with Crippen LogP contribution in [0.5, 0.6) is 0 Å². The number of esters is 1. The summed E-state index contributed by atoms with van der Waals surface area (Å²) in [5.41, 5.74) is 2.51. The quantitative estimate of drug-likeness (QED) is 0.552. The Morgan fingerprint density at radius 3 is 2.38 bits per heavy atom. The second-order valence-corrected chi connectivity index (χ2v) is 9.64. The number of rotatable bonds is 7. The third-order valence-corrected chi connectivity index (χ3v) is 7.07. The number of carbonyl (C=O) groups excluding carboxylic acids is 3. The summed E-state index contributed by atoms with van der Waals surface area (Å²) in [6.07, 6.45) is 0. The molecule has 1 saturated heterocycles. The van der Waals surface area contributed by atoms with Crippen LogP contribution in [0, 0.1) is 0 Å². The van der Waals surface area contributed by atoms with Gasteiger partial charge in [-0.25, -0.2) is 9.59 Å². The molecule has 2 aliphatic rings. The van der Waals surface area contributed by atoms with Gasteiger partial charge in [0.25, 0.3) is 5.91 Å². The zero-order chi connectivity index (χ0) is 26.5. The maximum atomic E-state index is 13.2. The Labute approximate surface area is 222 Å². The first-order chi connectivity index (χ1) is 17.8. The number of nitrogens with zero attached hydrogens (tertiary/aromatic N) is 3. The van der Waals surface area contributed by atoms with Crippen molar-refractivity contribution in [3.63, 3.8) is 0 Å². The highest BCUT2D eigenvalue weighted by atomic mass is 35.5. The maximum absolute atomic E-state index is 13.2. The molecule has 2 atom stereocenters. The largest absolute Gasteiger partial charge is 0.463 e. The van der Waals surface area contributed by atoms with Crippen molar-refractivity contribution in [1.82, 2.24) is 20.0 Å². The number of likely N-dealkylation sites (N-methyl/N-ethyl adjacent to an activating group) is 1. The molecule has 196 valence electrons. The lowest BCUT2D eigenvalue weighted by atomic mass is 9.94. The third-order valence-electron chi connectivity index (χ3n) is 6.82. The van der Waals surface area contributed by atoms with Gasteiger partial charge in [-0.05, 0) is 50.6 Å². The molecule has 2 aromatic rings. The Hall–Kier alpha value is -3.36. The van der Waals surface area contributed by atoms with Crippen molar-refractivity contribution in [1.29, 1.82) is 0 Å². The van der Waals surface area contributed by atoms with Gasteiger partial charge in [0.05, 0.1) is 18.2 Å². The minimum atomic E-state index is -0.601. The van der Waals surface area contributed by atoms with Crippen molar-refractivity contribution in [2.24, 2.45) is 0 Å². The van der Waals surface area contributed by atoms with Crippen LogP contribution in [0.25, 0.3) is 0 Å². The highest BCUT2D eigenvalue weighted by Gasteiger charge is 2.39. The summed E-state index contributed by atoms with van der Waals surface area (Å²) in [6, 6.07) is 15.5. The second kappa shape index (κ2) is 11.8. The van der Waals surface area contributed by atoms with Crippen molar-refractivity contribution >= 4 is 29.5 Å². The molecular weight excluding hydrogens is 492 g/mol. The first-order valence-corrected chi connectivity index (χ1v) is 13.0. The molecule has 0 spiro atoms. The number of piperazine rings is 1. The predicted molar refractivity (Wildman–Crippen MR) is 142 cm³/mol. The van der Waals surface area contributed by atoms with E-state index in [0.717, 1.165) is 5.56 Å². The number of hydrogen-bond acceptors (Lipinski definition) is 5. The molecule has 0 unspecified atom stereocenters. The van der Waals surface area contributed by atoms with E-state index in [1.807, 2.05) is 49.1 Å². The van der Waals surface area contributed by atoms with Gasteiger partial charge in [-0.15, -0.1) is 0 Å². The van der Waals surface area contributed by atoms with E-state index in [-0.39, 0.29) is 24.6 Å². The molecule has 1 fully saturated rings. The summed E-state index contributed by atoms with van der Waals surface area (Å²) < 4.78 is 5.45. The Kier molecular flexibility index (Phi) is 8.51. The minimum Gasteiger partial charge on any atom is -0.463 e. The number of hydrogen-bond donors (Lipinski definition) is 1. The minimum absolute atomic E-state index is 0.0355. The van der Waals surface area contributed by atoms with Gasteiger partial charge in [-0.1, -0.05) is 41.9 Å². The lowest BCUT2D eigenvalue weighted by Crippen LogP contribution is -2.56. The Morgan fingerprint density at radius 2 is 1.76 bits per heavy atom. The van der Waals surface area contributed by atoms with Crippen molar-refractivity contribution in [3.05, 3.63) is 82.0 Å². The molecule has 0 aliphatic carbocycles. The summed E-state index contributed by atoms with van der Waals surface area (Å²) in [4.78, 5) is 45.1. The lowest BCUT2D eigenvalue weighted by molar-refractivity contribution is -0.139. The summed E-state index contributed by atoms with van der Waals surface area (Å²) in [5.74, 6) is -0.471. The topological polar surface area (TPSA) is 82.2 Å². The molecule has 0 bridgehead atoms. The zero-order valence-corrected chi connectivity index (χ0v) is 22.2. The van der Waals surface area contributed by atoms with E-state index < -0.39 is 12.0 Å². The van der Waals surface area contributed by atoms with Gasteiger partial charge in [0.1, 0.15) is 0 Å². The molecule has 37 heavy (non-hydrogen) atoms. The second-order valence-electron chi connectivity index (χ2n) is 9.21. The van der Waals surface area contributed by atoms with Crippen LogP contribution in [0.4, 0.5) is 4.79 Å². The van der Waals surface area contributed by atoms with Crippen LogP contribution in [0.3, 0.4) is 0 Å². The zero-order valence-electron chi connectivity index (χ0n) is 21.4. The number of nitrogens with one attached hydrogen (secondary N) is 1. The van der Waals surface area contributed by atoms with Crippen LogP contribution in [-0.4, -0.2) is 78.0 Å². The van der Waals surface area contributed by atoms with Crippen molar-refractivity contribution in [2.45, 2.75) is 32.9 Å². The highest BCUT2D eigenvalue weighted by molar-refractivity contribution is 6.30. The molecule has 1 N–H and O–H groups in total. The molecule has 8 nitrogen and oxygen atoms in total. The summed E-state index contributed by atoms with van der Waals surface area (Å²) >= 11 is 5.98. The number of carbonyl (C=O) groups is 3. The van der Waals surface area contributed by atoms with Gasteiger partial charge < -0.3 is 15.0 Å². The molecule has 2 aliphatic heterocycles. The Bertz CT molecular complexity index is 1170. The van der Waals surface area contributed by atoms with E-state index >= 15 is 0 Å². The van der Waals surface area contributed by atoms with Gasteiger partial charge in [0.15, 0.2) is 0 Å². The number of urea groups is 1. The fourth-order valence-electron chi connectivity index (χ4n) is 5.00. The standard InChI is InChI=1S/C28H33ClN4O4/c1-4-32-23(24(27(35)37-5-2)25(30-28(32)36)20-9-7-6-8-10-20)18-31-15-16-33(19(3)17-31)26(34)21-11-13-22(29)14-12-21/h6-14,19,25H,4-5,15-18H2,1-3H3,(H,30,36)/t19-,25+/m0/s1. The normalized spacial score (nSPS) is 20.6. The van der Waals surface area contributed by atoms with Crippen molar-refractivity contribution in [3.8, 4) is 0 Å². The average molecular weight is 525 g/mol. The first kappa shape index (κ1) is 26.7. The monoisotopic (exact) mass is 524 g/mol. The maximum Gasteiger partial charge on any atom is 0.338 e. The van der Waals surface area contributed by atoms with Crippen LogP contribution >= 0.6 is 11.6 Å². The number of ether oxygens (including phenoxy) is 1. The summed E-state index contributed by atoms with van der Waals surface area (Å²) in [5, 5.41) is 3.58. The van der Waals surface area contributed by atoms with E-state index in [9.17, 15) is 14.4 Å². The van der Waals surface area contributed by atoms with E-state index in [4.69, 9.17) is 16.3 Å². The van der Waals surface area contributed by atoms with Gasteiger partial charge in [0.2, 0.25) is 0 Å². The highest BCUT2D eigenvalue weighted by Crippen LogP contribution is 2.32. The third kappa shape index (κ3) is 5.81. The fraction of sp³-hybridized carbons (Fsp3) is 0.393. The van der Waals surface area contributed by atoms with Crippen LogP contribution in [-0.2, 0) is 9.53 Å². The van der Waals surface area contributed by atoms with Crippen molar-refractivity contribution in [2.75, 3.05) is 39.3 Å². The number of benzene rings is 2. The summed E-state index contributed by atoms with van der Waals surface area (Å²) in [7, 11) is 0. The molecular formula is C28H33ClN4O4. The van der Waals surface area contributed by atoms with Gasteiger partial charge in [0, 0.05) is 55.0 Å². The van der Waals surface area contributed by atoms with Gasteiger partial charge in [-0.3, -0.25) is 14.6 Å². The summed E-state index contributed by atoms with van der Waals surface area (Å²) in [6.45, 7) is 8.46. The molecule has 0 saturated carbocycles. The molecule has 0 radical (unpaired) electrons. The molecule has 0 aromatic heterocycles. The van der Waals surface area contributed by atoms with Gasteiger partial charge >= 0.3 is 12.0 Å². The van der Waals surface area contributed by atoms with Crippen LogP contribution in [0.2, 0.25) is 5.02 Å². The molecule has 3 amide bonds.